The standard InChI is InChI=1S/C13H29N3/c1-12(2)10-14-7-9-16-8-5-6-13(16)11-15(3)4/h12-14H,5-11H2,1-4H3. The minimum absolute atomic E-state index is 0.760. The van der Waals surface area contributed by atoms with Crippen molar-refractivity contribution in [3.05, 3.63) is 0 Å². The molecule has 1 N–H and O–H groups in total. The highest BCUT2D eigenvalue weighted by molar-refractivity contribution is 4.81. The fourth-order valence-electron chi connectivity index (χ4n) is 2.43. The summed E-state index contributed by atoms with van der Waals surface area (Å²) < 4.78 is 0. The summed E-state index contributed by atoms with van der Waals surface area (Å²) in [6, 6.07) is 0.788. The Labute approximate surface area is 101 Å². The number of rotatable bonds is 7. The molecule has 16 heavy (non-hydrogen) atoms. The molecule has 0 spiro atoms. The third-order valence-electron chi connectivity index (χ3n) is 3.20. The molecular formula is C13H29N3. The third kappa shape index (κ3) is 5.28. The molecule has 3 heteroatoms. The number of likely N-dealkylation sites (N-methyl/N-ethyl adjacent to an activating group) is 1. The number of nitrogens with one attached hydrogen (secondary N) is 1. The molecule has 0 aromatic rings. The molecule has 96 valence electrons. The average Bonchev–Trinajstić information content (AvgIpc) is 2.59. The second kappa shape index (κ2) is 7.25. The Morgan fingerprint density at radius 2 is 2.12 bits per heavy atom. The van der Waals surface area contributed by atoms with Crippen LogP contribution >= 0.6 is 0 Å². The zero-order valence-electron chi connectivity index (χ0n) is 11.5. The third-order valence-corrected chi connectivity index (χ3v) is 3.20. The van der Waals surface area contributed by atoms with Gasteiger partial charge in [0.1, 0.15) is 0 Å². The molecule has 1 aliphatic rings. The van der Waals surface area contributed by atoms with Gasteiger partial charge in [-0.3, -0.25) is 4.90 Å². The summed E-state index contributed by atoms with van der Waals surface area (Å²) in [5.41, 5.74) is 0. The van der Waals surface area contributed by atoms with Crippen LogP contribution in [0.5, 0.6) is 0 Å². The molecule has 0 aromatic carbocycles. The number of hydrogen-bond acceptors (Lipinski definition) is 3. The fourth-order valence-corrected chi connectivity index (χ4v) is 2.43. The van der Waals surface area contributed by atoms with E-state index in [4.69, 9.17) is 0 Å². The SMILES string of the molecule is CC(C)CNCCN1CCCC1CN(C)C. The van der Waals surface area contributed by atoms with Crippen molar-refractivity contribution >= 4 is 0 Å². The minimum Gasteiger partial charge on any atom is -0.315 e. The molecule has 0 saturated carbocycles. The summed E-state index contributed by atoms with van der Waals surface area (Å²) in [5.74, 6) is 0.760. The Hall–Kier alpha value is -0.120. The van der Waals surface area contributed by atoms with Crippen molar-refractivity contribution in [3.8, 4) is 0 Å². The van der Waals surface area contributed by atoms with Crippen molar-refractivity contribution in [2.24, 2.45) is 5.92 Å². The predicted octanol–water partition coefficient (Wildman–Crippen LogP) is 1.26. The van der Waals surface area contributed by atoms with E-state index in [0.717, 1.165) is 25.0 Å². The Kier molecular flexibility index (Phi) is 6.32. The van der Waals surface area contributed by atoms with Gasteiger partial charge in [0.05, 0.1) is 0 Å². The van der Waals surface area contributed by atoms with Gasteiger partial charge in [-0.1, -0.05) is 13.8 Å². The lowest BCUT2D eigenvalue weighted by Gasteiger charge is -2.27. The molecule has 1 fully saturated rings. The molecule has 0 bridgehead atoms. The van der Waals surface area contributed by atoms with Crippen LogP contribution in [0.4, 0.5) is 0 Å². The first-order valence-corrected chi connectivity index (χ1v) is 6.69. The van der Waals surface area contributed by atoms with E-state index in [1.165, 1.54) is 32.5 Å². The molecule has 1 heterocycles. The van der Waals surface area contributed by atoms with Crippen LogP contribution in [0, 0.1) is 5.92 Å². The van der Waals surface area contributed by atoms with Gasteiger partial charge in [-0.2, -0.15) is 0 Å². The van der Waals surface area contributed by atoms with E-state index in [1.54, 1.807) is 0 Å². The number of nitrogens with zero attached hydrogens (tertiary/aromatic N) is 2. The van der Waals surface area contributed by atoms with Gasteiger partial charge in [0, 0.05) is 25.7 Å². The average molecular weight is 227 g/mol. The van der Waals surface area contributed by atoms with Crippen LogP contribution in [0.2, 0.25) is 0 Å². The lowest BCUT2D eigenvalue weighted by atomic mass is 10.2. The second-order valence-corrected chi connectivity index (χ2v) is 5.69. The van der Waals surface area contributed by atoms with Crippen molar-refractivity contribution in [3.63, 3.8) is 0 Å². The van der Waals surface area contributed by atoms with Crippen LogP contribution in [0.1, 0.15) is 26.7 Å². The summed E-state index contributed by atoms with van der Waals surface area (Å²) >= 11 is 0. The van der Waals surface area contributed by atoms with Gasteiger partial charge in [-0.05, 0) is 45.9 Å². The smallest absolute Gasteiger partial charge is 0.0223 e. The van der Waals surface area contributed by atoms with E-state index < -0.39 is 0 Å². The number of likely N-dealkylation sites (tertiary alicyclic amines) is 1. The normalized spacial score (nSPS) is 22.5. The fraction of sp³-hybridized carbons (Fsp3) is 1.00. The quantitative estimate of drug-likeness (QED) is 0.661. The first-order chi connectivity index (χ1) is 7.59. The van der Waals surface area contributed by atoms with Gasteiger partial charge in [0.2, 0.25) is 0 Å². The Bertz CT molecular complexity index is 180. The summed E-state index contributed by atoms with van der Waals surface area (Å²) in [4.78, 5) is 4.96. The van der Waals surface area contributed by atoms with Crippen LogP contribution in [0.25, 0.3) is 0 Å². The van der Waals surface area contributed by atoms with Crippen LogP contribution in [-0.4, -0.2) is 62.7 Å². The second-order valence-electron chi connectivity index (χ2n) is 5.69. The summed E-state index contributed by atoms with van der Waals surface area (Å²) in [6.07, 6.45) is 2.76. The van der Waals surface area contributed by atoms with Crippen molar-refractivity contribution in [1.29, 1.82) is 0 Å². The molecule has 1 rings (SSSR count). The highest BCUT2D eigenvalue weighted by atomic mass is 15.2. The largest absolute Gasteiger partial charge is 0.315 e. The summed E-state index contributed by atoms with van der Waals surface area (Å²) in [6.45, 7) is 10.5. The topological polar surface area (TPSA) is 18.5 Å². The summed E-state index contributed by atoms with van der Waals surface area (Å²) in [7, 11) is 4.35. The Morgan fingerprint density at radius 3 is 2.75 bits per heavy atom. The minimum atomic E-state index is 0.760. The van der Waals surface area contributed by atoms with Gasteiger partial charge in [0.15, 0.2) is 0 Å². The summed E-state index contributed by atoms with van der Waals surface area (Å²) in [5, 5.41) is 3.53. The maximum Gasteiger partial charge on any atom is 0.0223 e. The lowest BCUT2D eigenvalue weighted by molar-refractivity contribution is 0.208. The molecule has 1 unspecified atom stereocenters. The Morgan fingerprint density at radius 1 is 1.38 bits per heavy atom. The number of hydrogen-bond donors (Lipinski definition) is 1. The van der Waals surface area contributed by atoms with E-state index in [2.05, 4.69) is 43.1 Å². The molecule has 1 aliphatic heterocycles. The highest BCUT2D eigenvalue weighted by Gasteiger charge is 2.23. The molecule has 1 saturated heterocycles. The van der Waals surface area contributed by atoms with E-state index in [1.807, 2.05) is 0 Å². The van der Waals surface area contributed by atoms with Gasteiger partial charge in [-0.25, -0.2) is 0 Å². The van der Waals surface area contributed by atoms with Crippen LogP contribution in [-0.2, 0) is 0 Å². The molecule has 0 aromatic heterocycles. The predicted molar refractivity (Wildman–Crippen MR) is 70.9 cm³/mol. The van der Waals surface area contributed by atoms with Crippen LogP contribution in [0.3, 0.4) is 0 Å². The Balaban J connectivity index is 2.14. The zero-order valence-corrected chi connectivity index (χ0v) is 11.5. The zero-order chi connectivity index (χ0) is 12.0. The molecular weight excluding hydrogens is 198 g/mol. The molecule has 0 amide bonds. The van der Waals surface area contributed by atoms with E-state index >= 15 is 0 Å². The van der Waals surface area contributed by atoms with Crippen LogP contribution < -0.4 is 5.32 Å². The highest BCUT2D eigenvalue weighted by Crippen LogP contribution is 2.16. The molecule has 3 nitrogen and oxygen atoms in total. The van der Waals surface area contributed by atoms with Crippen molar-refractivity contribution in [1.82, 2.24) is 15.1 Å². The lowest BCUT2D eigenvalue weighted by Crippen LogP contribution is -2.41. The van der Waals surface area contributed by atoms with E-state index in [9.17, 15) is 0 Å². The van der Waals surface area contributed by atoms with Gasteiger partial charge < -0.3 is 10.2 Å². The first-order valence-electron chi connectivity index (χ1n) is 6.69. The maximum absolute atomic E-state index is 3.53. The maximum atomic E-state index is 3.53. The first kappa shape index (κ1) is 13.9. The molecule has 0 aliphatic carbocycles. The van der Waals surface area contributed by atoms with Gasteiger partial charge in [0.25, 0.3) is 0 Å². The van der Waals surface area contributed by atoms with E-state index in [-0.39, 0.29) is 0 Å². The van der Waals surface area contributed by atoms with E-state index in [0.29, 0.717) is 0 Å². The van der Waals surface area contributed by atoms with Gasteiger partial charge >= 0.3 is 0 Å². The van der Waals surface area contributed by atoms with Gasteiger partial charge in [-0.15, -0.1) is 0 Å². The van der Waals surface area contributed by atoms with Crippen molar-refractivity contribution in [2.75, 3.05) is 46.8 Å². The monoisotopic (exact) mass is 227 g/mol. The van der Waals surface area contributed by atoms with Crippen molar-refractivity contribution < 1.29 is 0 Å². The molecule has 0 radical (unpaired) electrons. The molecule has 1 atom stereocenters. The van der Waals surface area contributed by atoms with Crippen LogP contribution in [0.15, 0.2) is 0 Å². The van der Waals surface area contributed by atoms with Crippen molar-refractivity contribution in [2.45, 2.75) is 32.7 Å².